The number of amides is 4. The molecule has 2 saturated heterocycles. The van der Waals surface area contributed by atoms with Gasteiger partial charge in [-0.15, -0.1) is 23.2 Å². The number of phenolic OH excluding ortho intramolecular Hbond substituents is 1. The first-order valence-electron chi connectivity index (χ1n) is 14.2. The first-order chi connectivity index (χ1) is 21.8. The van der Waals surface area contributed by atoms with E-state index in [-0.39, 0.29) is 35.3 Å². The van der Waals surface area contributed by atoms with E-state index in [9.17, 15) is 43.0 Å². The van der Waals surface area contributed by atoms with Crippen LogP contribution < -0.4 is 9.80 Å². The highest BCUT2D eigenvalue weighted by molar-refractivity contribution is 6.58. The second kappa shape index (κ2) is 10.2. The topological polar surface area (TPSA) is 132 Å². The molecule has 0 spiro atoms. The van der Waals surface area contributed by atoms with Crippen LogP contribution in [0.5, 0.6) is 5.75 Å². The number of anilines is 2. The van der Waals surface area contributed by atoms with Gasteiger partial charge in [0.25, 0.3) is 11.8 Å². The Kier molecular flexibility index (Phi) is 6.67. The average Bonchev–Trinajstić information content (AvgIpc) is 3.37. The molecule has 1 saturated carbocycles. The van der Waals surface area contributed by atoms with E-state index >= 15 is 0 Å². The van der Waals surface area contributed by atoms with Crippen molar-refractivity contribution in [1.29, 1.82) is 0 Å². The number of carboxylic acid groups (broad SMARTS) is 1. The number of halogens is 4. The van der Waals surface area contributed by atoms with Gasteiger partial charge in [-0.25, -0.2) is 18.5 Å². The predicted octanol–water partition coefficient (Wildman–Crippen LogP) is 5.14. The third-order valence-electron chi connectivity index (χ3n) is 9.55. The Bertz CT molecular complexity index is 1930. The van der Waals surface area contributed by atoms with Crippen molar-refractivity contribution in [3.63, 3.8) is 0 Å². The molecule has 0 unspecified atom stereocenters. The molecule has 0 aromatic heterocycles. The van der Waals surface area contributed by atoms with E-state index in [4.69, 9.17) is 23.2 Å². The van der Waals surface area contributed by atoms with Gasteiger partial charge in [0.05, 0.1) is 28.8 Å². The van der Waals surface area contributed by atoms with Gasteiger partial charge in [0, 0.05) is 5.92 Å². The van der Waals surface area contributed by atoms with Gasteiger partial charge >= 0.3 is 5.97 Å². The number of fused-ring (bicyclic) bond motifs is 4. The fourth-order valence-electron chi connectivity index (χ4n) is 7.51. The SMILES string of the molecule is O=C(O)c1cccc(N2C(=O)[C@H]3[C@H](CC=C4[C@H]3C[C@@]3(Cl)C(=O)N(c5ccc(F)cc5)C(=O)[C@@]3(Cl)[C@H]4c3ccc(O)c(F)c3)C2=O)c1. The van der Waals surface area contributed by atoms with Gasteiger partial charge in [-0.2, -0.15) is 0 Å². The molecule has 7 rings (SSSR count). The van der Waals surface area contributed by atoms with Crippen LogP contribution in [0.4, 0.5) is 20.2 Å². The van der Waals surface area contributed by atoms with Gasteiger partial charge in [0.15, 0.2) is 21.3 Å². The number of carboxylic acids is 1. The number of benzene rings is 3. The van der Waals surface area contributed by atoms with Crippen molar-refractivity contribution in [1.82, 2.24) is 0 Å². The average molecular weight is 667 g/mol. The number of aromatic hydroxyl groups is 1. The molecule has 4 aliphatic rings. The van der Waals surface area contributed by atoms with Gasteiger partial charge in [0.2, 0.25) is 11.8 Å². The fourth-order valence-corrected chi connectivity index (χ4v) is 8.44. The number of carbonyl (C=O) groups excluding carboxylic acids is 4. The zero-order valence-electron chi connectivity index (χ0n) is 23.5. The Balaban J connectivity index is 1.39. The monoisotopic (exact) mass is 666 g/mol. The van der Waals surface area contributed by atoms with Crippen LogP contribution in [0, 0.1) is 29.4 Å². The van der Waals surface area contributed by atoms with Gasteiger partial charge < -0.3 is 10.2 Å². The van der Waals surface area contributed by atoms with Crippen LogP contribution >= 0.6 is 23.2 Å². The van der Waals surface area contributed by atoms with Gasteiger partial charge in [0.1, 0.15) is 5.82 Å². The number of rotatable bonds is 4. The van der Waals surface area contributed by atoms with Crippen molar-refractivity contribution in [3.05, 3.63) is 101 Å². The summed E-state index contributed by atoms with van der Waals surface area (Å²) in [6.45, 7) is 0. The number of nitrogens with zero attached hydrogens (tertiary/aromatic N) is 2. The molecular formula is C33H22Cl2F2N2O7. The summed E-state index contributed by atoms with van der Waals surface area (Å²) < 4.78 is 28.6. The van der Waals surface area contributed by atoms with Crippen molar-refractivity contribution in [2.75, 3.05) is 9.80 Å². The summed E-state index contributed by atoms with van der Waals surface area (Å²) in [5.74, 6) is -10.9. The number of phenols is 1. The Hall–Kier alpha value is -4.61. The lowest BCUT2D eigenvalue weighted by atomic mass is 9.56. The van der Waals surface area contributed by atoms with Crippen LogP contribution in [0.3, 0.4) is 0 Å². The zero-order chi connectivity index (χ0) is 32.9. The second-order valence-corrected chi connectivity index (χ2v) is 13.1. The molecule has 0 bridgehead atoms. The standard InChI is InChI=1S/C33H22Cl2F2N2O7/c34-32-14-22-20(9-10-21-25(22)28(42)38(27(21)41)19-3-1-2-16(12-19)29(43)44)26(15-4-11-24(40)23(37)13-15)33(32,35)31(46)39(30(32)45)18-7-5-17(36)6-8-18/h1-9,11-13,21-22,25-26,40H,10,14H2,(H,43,44)/t21-,22+,25-,26-,32+,33-/m0/s1. The number of alkyl halides is 2. The minimum absolute atomic E-state index is 0.00655. The Morgan fingerprint density at radius 1 is 0.848 bits per heavy atom. The number of allylic oxidation sites excluding steroid dienone is 2. The van der Waals surface area contributed by atoms with Crippen molar-refractivity contribution in [2.45, 2.75) is 28.5 Å². The van der Waals surface area contributed by atoms with Crippen molar-refractivity contribution in [2.24, 2.45) is 17.8 Å². The van der Waals surface area contributed by atoms with Gasteiger partial charge in [-0.05, 0) is 78.9 Å². The zero-order valence-corrected chi connectivity index (χ0v) is 25.0. The van der Waals surface area contributed by atoms with Crippen LogP contribution in [-0.2, 0) is 19.2 Å². The highest BCUT2D eigenvalue weighted by atomic mass is 35.5. The summed E-state index contributed by atoms with van der Waals surface area (Å²) in [7, 11) is 0. The molecule has 13 heteroatoms. The maximum absolute atomic E-state index is 14.8. The fraction of sp³-hybridized carbons (Fsp3) is 0.242. The molecule has 9 nitrogen and oxygen atoms in total. The summed E-state index contributed by atoms with van der Waals surface area (Å²) in [4.78, 5) is 65.1. The summed E-state index contributed by atoms with van der Waals surface area (Å²) >= 11 is 14.5. The minimum atomic E-state index is -2.26. The van der Waals surface area contributed by atoms with E-state index in [1.807, 2.05) is 0 Å². The van der Waals surface area contributed by atoms with Crippen LogP contribution in [-0.4, -0.2) is 49.6 Å². The second-order valence-electron chi connectivity index (χ2n) is 11.8. The van der Waals surface area contributed by atoms with E-state index in [1.54, 1.807) is 6.08 Å². The Labute approximate surface area is 269 Å². The van der Waals surface area contributed by atoms with Crippen molar-refractivity contribution in [3.8, 4) is 5.75 Å². The molecule has 2 aliphatic heterocycles. The lowest BCUT2D eigenvalue weighted by Gasteiger charge is -2.50. The van der Waals surface area contributed by atoms with Gasteiger partial charge in [-0.3, -0.25) is 24.1 Å². The molecule has 3 aromatic rings. The molecule has 0 radical (unpaired) electrons. The van der Waals surface area contributed by atoms with E-state index in [2.05, 4.69) is 0 Å². The van der Waals surface area contributed by atoms with Crippen LogP contribution in [0.1, 0.15) is 34.7 Å². The number of aromatic carboxylic acids is 1. The van der Waals surface area contributed by atoms with E-state index < -0.39 is 80.4 Å². The molecule has 2 aliphatic carbocycles. The molecule has 46 heavy (non-hydrogen) atoms. The Morgan fingerprint density at radius 3 is 2.24 bits per heavy atom. The quantitative estimate of drug-likeness (QED) is 0.224. The summed E-state index contributed by atoms with van der Waals surface area (Å²) in [6, 6.07) is 13.3. The molecule has 234 valence electrons. The van der Waals surface area contributed by atoms with Crippen molar-refractivity contribution < 1.29 is 43.0 Å². The number of hydrogen-bond donors (Lipinski definition) is 2. The van der Waals surface area contributed by atoms with E-state index in [0.717, 1.165) is 34.1 Å². The van der Waals surface area contributed by atoms with Crippen LogP contribution in [0.25, 0.3) is 0 Å². The molecule has 3 fully saturated rings. The molecule has 2 N–H and O–H groups in total. The van der Waals surface area contributed by atoms with Gasteiger partial charge in [-0.1, -0.05) is 23.8 Å². The molecular weight excluding hydrogens is 645 g/mol. The maximum Gasteiger partial charge on any atom is 0.335 e. The normalized spacial score (nSPS) is 30.2. The highest BCUT2D eigenvalue weighted by Crippen LogP contribution is 2.66. The van der Waals surface area contributed by atoms with Crippen LogP contribution in [0.2, 0.25) is 0 Å². The first-order valence-corrected chi connectivity index (χ1v) is 15.0. The maximum atomic E-state index is 14.8. The number of hydrogen-bond acceptors (Lipinski definition) is 6. The third kappa shape index (κ3) is 3.94. The lowest BCUT2D eigenvalue weighted by Crippen LogP contribution is -2.60. The lowest BCUT2D eigenvalue weighted by molar-refractivity contribution is -0.125. The minimum Gasteiger partial charge on any atom is -0.505 e. The van der Waals surface area contributed by atoms with Crippen molar-refractivity contribution >= 4 is 64.2 Å². The largest absolute Gasteiger partial charge is 0.505 e. The highest BCUT2D eigenvalue weighted by Gasteiger charge is 2.76. The van der Waals surface area contributed by atoms with Crippen LogP contribution in [0.15, 0.2) is 78.4 Å². The molecule has 6 atom stereocenters. The number of carbonyl (C=O) groups is 5. The Morgan fingerprint density at radius 2 is 1.57 bits per heavy atom. The summed E-state index contributed by atoms with van der Waals surface area (Å²) in [5.41, 5.74) is 0.395. The summed E-state index contributed by atoms with van der Waals surface area (Å²) in [6.07, 6.45) is 1.33. The third-order valence-corrected chi connectivity index (χ3v) is 11.0. The molecule has 2 heterocycles. The molecule has 3 aromatic carbocycles. The smallest absolute Gasteiger partial charge is 0.335 e. The summed E-state index contributed by atoms with van der Waals surface area (Å²) in [5, 5.41) is 19.4. The van der Waals surface area contributed by atoms with E-state index in [1.165, 1.54) is 42.5 Å². The molecule has 4 amide bonds. The van der Waals surface area contributed by atoms with E-state index in [0.29, 0.717) is 5.57 Å². The predicted molar refractivity (Wildman–Crippen MR) is 161 cm³/mol. The number of imide groups is 2. The first kappa shape index (κ1) is 30.1.